The molecule has 2 N–H and O–H groups in total. The van der Waals surface area contributed by atoms with Crippen LogP contribution in [-0.2, 0) is 4.74 Å². The molecule has 0 radical (unpaired) electrons. The zero-order valence-corrected chi connectivity index (χ0v) is 9.02. The highest BCUT2D eigenvalue weighted by molar-refractivity contribution is 5.70. The molecule has 1 aliphatic rings. The lowest BCUT2D eigenvalue weighted by Crippen LogP contribution is -2.34. The zero-order chi connectivity index (χ0) is 10.6. The Balaban J connectivity index is 2.36. The lowest BCUT2D eigenvalue weighted by Gasteiger charge is -2.21. The Labute approximate surface area is 84.7 Å². The van der Waals surface area contributed by atoms with E-state index in [9.17, 15) is 4.79 Å². The van der Waals surface area contributed by atoms with Gasteiger partial charge in [0.2, 0.25) is 0 Å². The quantitative estimate of drug-likeness (QED) is 0.669. The molecule has 1 rings (SSSR count). The first-order chi connectivity index (χ1) is 6.47. The Morgan fingerprint density at radius 1 is 1.57 bits per heavy atom. The van der Waals surface area contributed by atoms with E-state index in [0.717, 1.165) is 25.2 Å². The van der Waals surface area contributed by atoms with Gasteiger partial charge in [0.25, 0.3) is 0 Å². The minimum Gasteiger partial charge on any atom is -0.444 e. The maximum atomic E-state index is 11.3. The summed E-state index contributed by atoms with van der Waals surface area (Å²) in [5, 5.41) is 5.90. The summed E-state index contributed by atoms with van der Waals surface area (Å²) < 4.78 is 5.13. The highest BCUT2D eigenvalue weighted by Crippen LogP contribution is 2.08. The second-order valence-corrected chi connectivity index (χ2v) is 4.31. The van der Waals surface area contributed by atoms with Gasteiger partial charge in [-0.15, -0.1) is 0 Å². The first-order valence-corrected chi connectivity index (χ1v) is 4.87. The number of hydrogen-bond acceptors (Lipinski definition) is 3. The summed E-state index contributed by atoms with van der Waals surface area (Å²) >= 11 is 0. The van der Waals surface area contributed by atoms with Crippen molar-refractivity contribution in [1.82, 2.24) is 10.6 Å². The number of amides is 1. The smallest absolute Gasteiger partial charge is 0.411 e. The first kappa shape index (κ1) is 11.0. The van der Waals surface area contributed by atoms with Gasteiger partial charge in [0.1, 0.15) is 5.60 Å². The molecule has 0 saturated carbocycles. The number of hydrogen-bond donors (Lipinski definition) is 2. The van der Waals surface area contributed by atoms with Gasteiger partial charge in [-0.05, 0) is 27.2 Å². The molecule has 0 saturated heterocycles. The predicted molar refractivity (Wildman–Crippen MR) is 54.9 cm³/mol. The summed E-state index contributed by atoms with van der Waals surface area (Å²) in [6.07, 6.45) is 2.44. The lowest BCUT2D eigenvalue weighted by atomic mass is 10.2. The van der Waals surface area contributed by atoms with Gasteiger partial charge in [-0.1, -0.05) is 6.08 Å². The second kappa shape index (κ2) is 4.46. The summed E-state index contributed by atoms with van der Waals surface area (Å²) in [6, 6.07) is 0. The predicted octanol–water partition coefficient (Wildman–Crippen LogP) is 1.39. The highest BCUT2D eigenvalue weighted by Gasteiger charge is 2.17. The average molecular weight is 198 g/mol. The molecular weight excluding hydrogens is 180 g/mol. The molecule has 0 aromatic heterocycles. The third-order valence-corrected chi connectivity index (χ3v) is 1.73. The van der Waals surface area contributed by atoms with E-state index in [1.54, 1.807) is 0 Å². The van der Waals surface area contributed by atoms with Crippen LogP contribution in [0.3, 0.4) is 0 Å². The molecule has 0 atom stereocenters. The van der Waals surface area contributed by atoms with Gasteiger partial charge in [0, 0.05) is 18.8 Å². The Morgan fingerprint density at radius 3 is 2.79 bits per heavy atom. The number of rotatable bonds is 1. The molecule has 0 spiro atoms. The summed E-state index contributed by atoms with van der Waals surface area (Å²) in [7, 11) is 0. The van der Waals surface area contributed by atoms with Crippen molar-refractivity contribution in [3.63, 3.8) is 0 Å². The lowest BCUT2D eigenvalue weighted by molar-refractivity contribution is 0.0543. The molecule has 1 amide bonds. The number of carbonyl (C=O) groups is 1. The molecular formula is C10H18N2O2. The van der Waals surface area contributed by atoms with E-state index >= 15 is 0 Å². The summed E-state index contributed by atoms with van der Waals surface area (Å²) in [4.78, 5) is 11.3. The zero-order valence-electron chi connectivity index (χ0n) is 9.02. The standard InChI is InChI=1S/C10H18N2O2/c1-10(2,3)14-9(13)12-8-4-6-11-7-5-8/h4,11H,5-7H2,1-3H3,(H,12,13). The van der Waals surface area contributed by atoms with Gasteiger partial charge in [-0.2, -0.15) is 0 Å². The summed E-state index contributed by atoms with van der Waals surface area (Å²) in [6.45, 7) is 7.27. The van der Waals surface area contributed by atoms with Crippen LogP contribution in [-0.4, -0.2) is 24.8 Å². The minimum absolute atomic E-state index is 0.370. The van der Waals surface area contributed by atoms with Crippen molar-refractivity contribution >= 4 is 6.09 Å². The summed E-state index contributed by atoms with van der Waals surface area (Å²) in [5.41, 5.74) is 0.510. The molecule has 4 nitrogen and oxygen atoms in total. The molecule has 0 aliphatic carbocycles. The highest BCUT2D eigenvalue weighted by atomic mass is 16.6. The Kier molecular flexibility index (Phi) is 3.52. The SMILES string of the molecule is CC(C)(C)OC(=O)NC1=CCNCC1. The van der Waals surface area contributed by atoms with Crippen molar-refractivity contribution in [2.45, 2.75) is 32.8 Å². The van der Waals surface area contributed by atoms with Crippen molar-refractivity contribution in [2.24, 2.45) is 0 Å². The molecule has 1 aliphatic heterocycles. The van der Waals surface area contributed by atoms with E-state index in [-0.39, 0.29) is 6.09 Å². The fraction of sp³-hybridized carbons (Fsp3) is 0.700. The molecule has 0 aromatic rings. The van der Waals surface area contributed by atoms with Gasteiger partial charge >= 0.3 is 6.09 Å². The third-order valence-electron chi connectivity index (χ3n) is 1.73. The molecule has 4 heteroatoms. The van der Waals surface area contributed by atoms with Crippen molar-refractivity contribution in [2.75, 3.05) is 13.1 Å². The van der Waals surface area contributed by atoms with E-state index in [2.05, 4.69) is 10.6 Å². The largest absolute Gasteiger partial charge is 0.444 e. The van der Waals surface area contributed by atoms with Crippen LogP contribution in [0.25, 0.3) is 0 Å². The van der Waals surface area contributed by atoms with E-state index < -0.39 is 5.60 Å². The first-order valence-electron chi connectivity index (χ1n) is 4.87. The van der Waals surface area contributed by atoms with Crippen molar-refractivity contribution in [3.05, 3.63) is 11.8 Å². The molecule has 0 fully saturated rings. The van der Waals surface area contributed by atoms with Crippen LogP contribution >= 0.6 is 0 Å². The van der Waals surface area contributed by atoms with E-state index in [4.69, 9.17) is 4.74 Å². The van der Waals surface area contributed by atoms with E-state index in [0.29, 0.717) is 0 Å². The monoisotopic (exact) mass is 198 g/mol. The Bertz CT molecular complexity index is 241. The maximum Gasteiger partial charge on any atom is 0.411 e. The molecule has 0 aromatic carbocycles. The minimum atomic E-state index is -0.433. The summed E-state index contributed by atoms with van der Waals surface area (Å²) in [5.74, 6) is 0. The fourth-order valence-corrected chi connectivity index (χ4v) is 1.17. The normalized spacial score (nSPS) is 17.2. The van der Waals surface area contributed by atoms with E-state index in [1.165, 1.54) is 0 Å². The molecule has 1 heterocycles. The van der Waals surface area contributed by atoms with Crippen molar-refractivity contribution in [1.29, 1.82) is 0 Å². The van der Waals surface area contributed by atoms with Gasteiger partial charge in [0.05, 0.1) is 0 Å². The van der Waals surface area contributed by atoms with Crippen LogP contribution in [0.1, 0.15) is 27.2 Å². The molecule has 80 valence electrons. The maximum absolute atomic E-state index is 11.3. The third kappa shape index (κ3) is 4.28. The number of ether oxygens (including phenoxy) is 1. The number of alkyl carbamates (subject to hydrolysis) is 1. The average Bonchev–Trinajstić information content (AvgIpc) is 2.02. The fourth-order valence-electron chi connectivity index (χ4n) is 1.17. The van der Waals surface area contributed by atoms with Crippen molar-refractivity contribution in [3.8, 4) is 0 Å². The van der Waals surface area contributed by atoms with Crippen LogP contribution in [0.2, 0.25) is 0 Å². The van der Waals surface area contributed by atoms with Crippen LogP contribution in [0.15, 0.2) is 11.8 Å². The van der Waals surface area contributed by atoms with Gasteiger partial charge in [0.15, 0.2) is 0 Å². The number of nitrogens with one attached hydrogen (secondary N) is 2. The van der Waals surface area contributed by atoms with Gasteiger partial charge in [-0.25, -0.2) is 4.79 Å². The van der Waals surface area contributed by atoms with Gasteiger partial charge in [-0.3, -0.25) is 5.32 Å². The Morgan fingerprint density at radius 2 is 2.29 bits per heavy atom. The molecule has 0 unspecified atom stereocenters. The van der Waals surface area contributed by atoms with Crippen LogP contribution in [0, 0.1) is 0 Å². The van der Waals surface area contributed by atoms with E-state index in [1.807, 2.05) is 26.8 Å². The van der Waals surface area contributed by atoms with Crippen LogP contribution < -0.4 is 10.6 Å². The molecule has 0 bridgehead atoms. The van der Waals surface area contributed by atoms with Crippen molar-refractivity contribution < 1.29 is 9.53 Å². The van der Waals surface area contributed by atoms with Gasteiger partial charge < -0.3 is 10.1 Å². The van der Waals surface area contributed by atoms with Crippen LogP contribution in [0.5, 0.6) is 0 Å². The Hall–Kier alpha value is -1.03. The van der Waals surface area contributed by atoms with Crippen LogP contribution in [0.4, 0.5) is 4.79 Å². The molecule has 14 heavy (non-hydrogen) atoms. The second-order valence-electron chi connectivity index (χ2n) is 4.31. The topological polar surface area (TPSA) is 50.4 Å². The number of carbonyl (C=O) groups excluding carboxylic acids is 1.